The van der Waals surface area contributed by atoms with E-state index in [4.69, 9.17) is 18.9 Å². The van der Waals surface area contributed by atoms with Gasteiger partial charge in [-0.2, -0.15) is 0 Å². The van der Waals surface area contributed by atoms with Crippen LogP contribution < -0.4 is 0 Å². The molecule has 9 nitrogen and oxygen atoms in total. The van der Waals surface area contributed by atoms with Crippen LogP contribution in [0, 0.1) is 0 Å². The largest absolute Gasteiger partial charge is 0.477 e. The van der Waals surface area contributed by atoms with Crippen molar-refractivity contribution in [3.63, 3.8) is 0 Å². The first-order chi connectivity index (χ1) is 52.6. The average Bonchev–Trinajstić information content (AvgIpc) is 0.965. The van der Waals surface area contributed by atoms with Crippen LogP contribution >= 0.6 is 0 Å². The van der Waals surface area contributed by atoms with Crippen molar-refractivity contribution in [3.8, 4) is 0 Å². The maximum Gasteiger partial charge on any atom is 0.361 e. The van der Waals surface area contributed by atoms with E-state index < -0.39 is 24.3 Å². The summed E-state index contributed by atoms with van der Waals surface area (Å²) in [5, 5.41) is 9.80. The molecule has 0 aliphatic carbocycles. The molecule has 0 aliphatic heterocycles. The van der Waals surface area contributed by atoms with Crippen molar-refractivity contribution in [2.75, 3.05) is 47.5 Å². The third-order valence-corrected chi connectivity index (χ3v) is 20.2. The van der Waals surface area contributed by atoms with Crippen molar-refractivity contribution in [3.05, 3.63) is 122 Å². The van der Waals surface area contributed by atoms with E-state index in [1.807, 2.05) is 21.1 Å². The lowest BCUT2D eigenvalue weighted by molar-refractivity contribution is -0.870. The van der Waals surface area contributed by atoms with Gasteiger partial charge in [0.05, 0.1) is 34.4 Å². The van der Waals surface area contributed by atoms with E-state index in [-0.39, 0.29) is 32.2 Å². The topological polar surface area (TPSA) is 108 Å². The van der Waals surface area contributed by atoms with E-state index >= 15 is 0 Å². The summed E-state index contributed by atoms with van der Waals surface area (Å²) in [4.78, 5) is 37.8. The Morgan fingerprint density at radius 1 is 0.290 bits per heavy atom. The van der Waals surface area contributed by atoms with Gasteiger partial charge in [0.2, 0.25) is 0 Å². The molecule has 0 aromatic heterocycles. The van der Waals surface area contributed by atoms with Gasteiger partial charge in [0.15, 0.2) is 6.10 Å². The number of esters is 2. The van der Waals surface area contributed by atoms with Crippen molar-refractivity contribution >= 4 is 17.9 Å². The van der Waals surface area contributed by atoms with E-state index in [9.17, 15) is 19.5 Å². The average molecular weight is 1490 g/mol. The van der Waals surface area contributed by atoms with Gasteiger partial charge in [-0.25, -0.2) is 4.79 Å². The van der Waals surface area contributed by atoms with Gasteiger partial charge in [-0.1, -0.05) is 424 Å². The number of aliphatic carboxylic acids is 1. The van der Waals surface area contributed by atoms with Crippen molar-refractivity contribution < 1.29 is 42.9 Å². The fraction of sp³-hybridized carbons (Fsp3) is 0.765. The molecule has 2 atom stereocenters. The van der Waals surface area contributed by atoms with E-state index in [1.165, 1.54) is 295 Å². The number of carbonyl (C=O) groups excluding carboxylic acids is 2. The molecule has 0 bridgehead atoms. The Morgan fingerprint density at radius 3 is 0.804 bits per heavy atom. The standard InChI is InChI=1S/C98H173NO8/c1-6-8-10-12-14-16-18-20-22-24-26-28-30-32-34-36-38-40-42-44-46-48-50-52-54-56-58-60-62-64-66-68-70-72-74-76-78-80-82-84-86-88-95(100)105-92-94(93-106-98(97(102)103)104-91-90-99(3,4)5)107-96(101)89-87-85-83-81-79-77-75-73-71-69-67-65-63-61-59-57-55-53-51-49-47-45-43-41-39-37-35-33-31-29-27-25-23-21-19-17-15-13-11-9-7-2/h9,11,15,17,21,23-24,26-27,29,33,35,39,41,45,47,51,53,57,59,94,98H,6-8,10,12-14,16,18-20,22,25,28,30-32,34,36-38,40,42-44,46,48-50,52,54-56,58,60-93H2,1-5H3/p+1/b11-9-,17-15-,23-21-,26-24-,29-27-,35-33-,41-39-,47-45-,53-51-,59-57-. The van der Waals surface area contributed by atoms with Crippen LogP contribution in [0.1, 0.15) is 425 Å². The molecule has 107 heavy (non-hydrogen) atoms. The first-order valence-corrected chi connectivity index (χ1v) is 45.7. The summed E-state index contributed by atoms with van der Waals surface area (Å²) >= 11 is 0. The molecule has 2 unspecified atom stereocenters. The van der Waals surface area contributed by atoms with Gasteiger partial charge in [-0.3, -0.25) is 9.59 Å². The Bertz CT molecular complexity index is 2190. The van der Waals surface area contributed by atoms with Crippen LogP contribution in [0.5, 0.6) is 0 Å². The highest BCUT2D eigenvalue weighted by molar-refractivity contribution is 5.71. The van der Waals surface area contributed by atoms with Crippen LogP contribution in [0.15, 0.2) is 122 Å². The fourth-order valence-electron chi connectivity index (χ4n) is 13.3. The molecule has 0 aliphatic rings. The summed E-state index contributed by atoms with van der Waals surface area (Å²) in [5.41, 5.74) is 0. The maximum atomic E-state index is 13.0. The first-order valence-electron chi connectivity index (χ1n) is 45.7. The minimum Gasteiger partial charge on any atom is -0.477 e. The molecule has 9 heteroatoms. The molecule has 0 spiro atoms. The second kappa shape index (κ2) is 87.3. The third-order valence-electron chi connectivity index (χ3n) is 20.2. The maximum absolute atomic E-state index is 13.0. The summed E-state index contributed by atoms with van der Waals surface area (Å²) in [6.45, 7) is 4.81. The summed E-state index contributed by atoms with van der Waals surface area (Å²) in [5.74, 6) is -1.99. The van der Waals surface area contributed by atoms with Crippen molar-refractivity contribution in [2.45, 2.75) is 437 Å². The van der Waals surface area contributed by atoms with Gasteiger partial charge in [-0.05, 0) is 109 Å². The number of carbonyl (C=O) groups is 3. The smallest absolute Gasteiger partial charge is 0.361 e. The monoisotopic (exact) mass is 1490 g/mol. The van der Waals surface area contributed by atoms with Crippen molar-refractivity contribution in [2.24, 2.45) is 0 Å². The summed E-state index contributed by atoms with van der Waals surface area (Å²) in [6.07, 6.45) is 123. The quantitative estimate of drug-likeness (QED) is 0.0211. The number of nitrogens with zero attached hydrogens (tertiary/aromatic N) is 1. The summed E-state index contributed by atoms with van der Waals surface area (Å²) in [7, 11) is 5.99. The van der Waals surface area contributed by atoms with Crippen molar-refractivity contribution in [1.29, 1.82) is 0 Å². The highest BCUT2D eigenvalue weighted by Gasteiger charge is 2.25. The van der Waals surface area contributed by atoms with Gasteiger partial charge in [0.1, 0.15) is 13.2 Å². The molecule has 0 heterocycles. The zero-order chi connectivity index (χ0) is 77.4. The van der Waals surface area contributed by atoms with Gasteiger partial charge >= 0.3 is 17.9 Å². The predicted octanol–water partition coefficient (Wildman–Crippen LogP) is 30.2. The van der Waals surface area contributed by atoms with Gasteiger partial charge in [-0.15, -0.1) is 0 Å². The molecule has 0 fully saturated rings. The van der Waals surface area contributed by atoms with Crippen LogP contribution in [0.3, 0.4) is 0 Å². The van der Waals surface area contributed by atoms with Crippen LogP contribution in [0.2, 0.25) is 0 Å². The summed E-state index contributed by atoms with van der Waals surface area (Å²) < 4.78 is 23.1. The van der Waals surface area contributed by atoms with Gasteiger partial charge in [0, 0.05) is 12.8 Å². The van der Waals surface area contributed by atoms with E-state index in [1.54, 1.807) is 0 Å². The lowest BCUT2D eigenvalue weighted by Gasteiger charge is -2.25. The Hall–Kier alpha value is -4.31. The molecule has 0 saturated heterocycles. The lowest BCUT2D eigenvalue weighted by atomic mass is 10.0. The molecule has 0 aromatic rings. The van der Waals surface area contributed by atoms with E-state index in [2.05, 4.69) is 135 Å². The number of quaternary nitrogens is 1. The lowest BCUT2D eigenvalue weighted by Crippen LogP contribution is -2.40. The molecule has 0 aromatic carbocycles. The molecule has 618 valence electrons. The molecule has 1 N–H and O–H groups in total. The Morgan fingerprint density at radius 2 is 0.533 bits per heavy atom. The zero-order valence-corrected chi connectivity index (χ0v) is 71.0. The number of allylic oxidation sites excluding steroid dienone is 20. The predicted molar refractivity (Wildman–Crippen MR) is 465 cm³/mol. The van der Waals surface area contributed by atoms with Gasteiger partial charge in [0.25, 0.3) is 6.29 Å². The van der Waals surface area contributed by atoms with Crippen LogP contribution in [0.25, 0.3) is 0 Å². The van der Waals surface area contributed by atoms with Crippen LogP contribution in [-0.4, -0.2) is 87.4 Å². The Labute approximate surface area is 663 Å². The van der Waals surface area contributed by atoms with E-state index in [0.717, 1.165) is 103 Å². The first kappa shape index (κ1) is 103. The molecular formula is C98H174NO8+. The molecule has 0 radical (unpaired) electrons. The highest BCUT2D eigenvalue weighted by Crippen LogP contribution is 2.20. The number of hydrogen-bond donors (Lipinski definition) is 1. The normalized spacial score (nSPS) is 13.2. The van der Waals surface area contributed by atoms with E-state index in [0.29, 0.717) is 17.4 Å². The number of rotatable bonds is 85. The molecule has 0 saturated carbocycles. The minimum atomic E-state index is -1.52. The zero-order valence-electron chi connectivity index (χ0n) is 71.0. The van der Waals surface area contributed by atoms with Gasteiger partial charge < -0.3 is 28.5 Å². The SMILES string of the molecule is CC/C=C\C/C=C\C/C=C\C/C=C\C/C=C\C/C=C\C/C=C\C/C=C\C/C=C\CCCCCCCCCCCCCCCC(=O)OC(COC(=O)CCCCCCCCCCCCCCCCCCCCCCCCCCCCCCC/C=C\CCCCCCCCCC)COC(OCC[N+](C)(C)C)C(=O)O. The van der Waals surface area contributed by atoms with Crippen LogP contribution in [0.4, 0.5) is 0 Å². The number of ether oxygens (including phenoxy) is 4. The van der Waals surface area contributed by atoms with Crippen LogP contribution in [-0.2, 0) is 33.3 Å². The fourth-order valence-corrected chi connectivity index (χ4v) is 13.3. The number of likely N-dealkylation sites (N-methyl/N-ethyl adjacent to an activating group) is 1. The Balaban J connectivity index is 3.96. The summed E-state index contributed by atoms with van der Waals surface area (Å²) in [6, 6.07) is 0. The third kappa shape index (κ3) is 88.8. The van der Waals surface area contributed by atoms with Crippen molar-refractivity contribution in [1.82, 2.24) is 0 Å². The highest BCUT2D eigenvalue weighted by atomic mass is 16.7. The minimum absolute atomic E-state index is 0.182. The second-order valence-corrected chi connectivity index (χ2v) is 31.9. The Kier molecular flexibility index (Phi) is 83.8. The molecule has 0 rings (SSSR count). The number of hydrogen-bond acceptors (Lipinski definition) is 7. The molecule has 0 amide bonds. The number of carboxylic acid groups (broad SMARTS) is 1. The number of unbranched alkanes of at least 4 members (excludes halogenated alkanes) is 50. The second-order valence-electron chi connectivity index (χ2n) is 31.9. The number of carboxylic acids is 1. The molecular weight excluding hydrogens is 1320 g/mol.